The standard InChI is InChI=1S/C22H24N2O3S/c1-15(23)16-6-8-19(9-7-16)26-21-14-24-22(28-21)27-20-12-10-18(11-13-20)25-17-4-2-3-5-17/h6-15,17H,2-5,23H2,1H3. The monoisotopic (exact) mass is 396 g/mol. The van der Waals surface area contributed by atoms with E-state index in [0.29, 0.717) is 16.4 Å². The molecular weight excluding hydrogens is 372 g/mol. The third kappa shape index (κ3) is 4.82. The molecule has 3 aromatic rings. The topological polar surface area (TPSA) is 66.6 Å². The number of thiazole rings is 1. The van der Waals surface area contributed by atoms with Crippen LogP contribution in [0.3, 0.4) is 0 Å². The Kier molecular flexibility index (Phi) is 5.78. The second-order valence-corrected chi connectivity index (χ2v) is 7.96. The van der Waals surface area contributed by atoms with Crippen LogP contribution in [0.4, 0.5) is 0 Å². The summed E-state index contributed by atoms with van der Waals surface area (Å²) in [5.74, 6) is 2.35. The Labute approximate surface area is 169 Å². The summed E-state index contributed by atoms with van der Waals surface area (Å²) in [6, 6.07) is 15.4. The molecule has 1 aliphatic rings. The summed E-state index contributed by atoms with van der Waals surface area (Å²) < 4.78 is 17.6. The zero-order chi connectivity index (χ0) is 19.3. The van der Waals surface area contributed by atoms with E-state index >= 15 is 0 Å². The zero-order valence-corrected chi connectivity index (χ0v) is 16.7. The Bertz CT molecular complexity index is 885. The Morgan fingerprint density at radius 2 is 1.54 bits per heavy atom. The van der Waals surface area contributed by atoms with Crippen LogP contribution in [0.1, 0.15) is 44.2 Å². The van der Waals surface area contributed by atoms with Crippen LogP contribution >= 0.6 is 11.3 Å². The molecule has 2 N–H and O–H groups in total. The van der Waals surface area contributed by atoms with Crippen molar-refractivity contribution in [1.82, 2.24) is 4.98 Å². The molecule has 0 saturated heterocycles. The number of hydrogen-bond acceptors (Lipinski definition) is 6. The Morgan fingerprint density at radius 1 is 0.929 bits per heavy atom. The van der Waals surface area contributed by atoms with Crippen LogP contribution in [-0.2, 0) is 0 Å². The molecule has 1 aliphatic carbocycles. The third-order valence-corrected chi connectivity index (χ3v) is 5.47. The van der Waals surface area contributed by atoms with Crippen molar-refractivity contribution in [3.05, 3.63) is 60.3 Å². The van der Waals surface area contributed by atoms with Crippen molar-refractivity contribution in [3.63, 3.8) is 0 Å². The van der Waals surface area contributed by atoms with Gasteiger partial charge in [0.2, 0.25) is 5.06 Å². The van der Waals surface area contributed by atoms with Gasteiger partial charge in [0, 0.05) is 6.04 Å². The minimum absolute atomic E-state index is 0.00686. The van der Waals surface area contributed by atoms with Gasteiger partial charge in [-0.2, -0.15) is 0 Å². The van der Waals surface area contributed by atoms with Gasteiger partial charge in [0.15, 0.2) is 0 Å². The molecule has 6 heteroatoms. The summed E-state index contributed by atoms with van der Waals surface area (Å²) in [6.07, 6.45) is 6.83. The highest BCUT2D eigenvalue weighted by Crippen LogP contribution is 2.35. The Morgan fingerprint density at radius 3 is 2.21 bits per heavy atom. The molecule has 0 bridgehead atoms. The van der Waals surface area contributed by atoms with Crippen molar-refractivity contribution in [2.24, 2.45) is 5.73 Å². The van der Waals surface area contributed by atoms with Gasteiger partial charge in [-0.3, -0.25) is 0 Å². The fourth-order valence-corrected chi connectivity index (χ4v) is 3.84. The van der Waals surface area contributed by atoms with E-state index in [2.05, 4.69) is 4.98 Å². The van der Waals surface area contributed by atoms with E-state index in [1.54, 1.807) is 6.20 Å². The number of hydrogen-bond donors (Lipinski definition) is 1. The maximum absolute atomic E-state index is 5.98. The molecule has 28 heavy (non-hydrogen) atoms. The average molecular weight is 397 g/mol. The smallest absolute Gasteiger partial charge is 0.282 e. The van der Waals surface area contributed by atoms with Gasteiger partial charge in [-0.1, -0.05) is 12.1 Å². The minimum Gasteiger partial charge on any atom is -0.490 e. The van der Waals surface area contributed by atoms with Crippen molar-refractivity contribution < 1.29 is 14.2 Å². The molecule has 5 nitrogen and oxygen atoms in total. The summed E-state index contributed by atoms with van der Waals surface area (Å²) in [5.41, 5.74) is 6.94. The number of benzene rings is 2. The lowest BCUT2D eigenvalue weighted by Crippen LogP contribution is -2.10. The van der Waals surface area contributed by atoms with Crippen LogP contribution < -0.4 is 19.9 Å². The fraction of sp³-hybridized carbons (Fsp3) is 0.318. The highest BCUT2D eigenvalue weighted by molar-refractivity contribution is 7.15. The largest absolute Gasteiger partial charge is 0.490 e. The summed E-state index contributed by atoms with van der Waals surface area (Å²) in [7, 11) is 0. The molecule has 146 valence electrons. The quantitative estimate of drug-likeness (QED) is 0.525. The number of nitrogens with zero attached hydrogens (tertiary/aromatic N) is 1. The first kappa shape index (κ1) is 18.8. The lowest BCUT2D eigenvalue weighted by Gasteiger charge is -2.13. The second-order valence-electron chi connectivity index (χ2n) is 7.00. The third-order valence-electron chi connectivity index (χ3n) is 4.72. The highest BCUT2D eigenvalue weighted by atomic mass is 32.1. The predicted molar refractivity (Wildman–Crippen MR) is 111 cm³/mol. The van der Waals surface area contributed by atoms with Gasteiger partial charge in [-0.25, -0.2) is 4.98 Å². The fourth-order valence-electron chi connectivity index (χ4n) is 3.18. The van der Waals surface area contributed by atoms with Crippen LogP contribution in [0.25, 0.3) is 0 Å². The molecule has 1 unspecified atom stereocenters. The van der Waals surface area contributed by atoms with Gasteiger partial charge in [-0.05, 0) is 85.9 Å². The molecule has 0 aliphatic heterocycles. The van der Waals surface area contributed by atoms with Crippen LogP contribution in [0.15, 0.2) is 54.7 Å². The number of nitrogens with two attached hydrogens (primary N) is 1. The molecular formula is C22H24N2O3S. The van der Waals surface area contributed by atoms with Crippen molar-refractivity contribution in [2.45, 2.75) is 44.8 Å². The first-order valence-electron chi connectivity index (χ1n) is 9.59. The number of ether oxygens (including phenoxy) is 3. The first-order chi connectivity index (χ1) is 13.7. The molecule has 2 aromatic carbocycles. The molecule has 0 radical (unpaired) electrons. The van der Waals surface area contributed by atoms with Crippen molar-refractivity contribution >= 4 is 11.3 Å². The summed E-state index contributed by atoms with van der Waals surface area (Å²) in [5, 5.41) is 1.20. The second kappa shape index (κ2) is 8.63. The lowest BCUT2D eigenvalue weighted by atomic mass is 10.1. The molecule has 4 rings (SSSR count). The molecule has 1 aromatic heterocycles. The van der Waals surface area contributed by atoms with Crippen LogP contribution in [0.5, 0.6) is 27.5 Å². The van der Waals surface area contributed by atoms with Crippen LogP contribution in [0, 0.1) is 0 Å². The maximum atomic E-state index is 5.98. The van der Waals surface area contributed by atoms with Crippen molar-refractivity contribution in [2.75, 3.05) is 0 Å². The number of rotatable bonds is 7. The molecule has 1 heterocycles. The van der Waals surface area contributed by atoms with E-state index in [-0.39, 0.29) is 6.04 Å². The maximum Gasteiger partial charge on any atom is 0.282 e. The Balaban J connectivity index is 1.33. The predicted octanol–water partition coefficient (Wildman–Crippen LogP) is 6.07. The molecule has 1 fully saturated rings. The lowest BCUT2D eigenvalue weighted by molar-refractivity contribution is 0.210. The van der Waals surface area contributed by atoms with Gasteiger partial charge in [-0.15, -0.1) is 0 Å². The highest BCUT2D eigenvalue weighted by Gasteiger charge is 2.16. The van der Waals surface area contributed by atoms with Gasteiger partial charge in [0.25, 0.3) is 5.19 Å². The van der Waals surface area contributed by atoms with E-state index in [1.165, 1.54) is 24.2 Å². The molecule has 1 atom stereocenters. The molecule has 0 amide bonds. The van der Waals surface area contributed by atoms with E-state index in [1.807, 2.05) is 55.5 Å². The SMILES string of the molecule is CC(N)c1ccc(Oc2cnc(Oc3ccc(OC4CCCC4)cc3)s2)cc1. The minimum atomic E-state index is 0.00686. The van der Waals surface area contributed by atoms with E-state index < -0.39 is 0 Å². The summed E-state index contributed by atoms with van der Waals surface area (Å²) >= 11 is 1.35. The van der Waals surface area contributed by atoms with Gasteiger partial charge in [0.1, 0.15) is 17.2 Å². The van der Waals surface area contributed by atoms with E-state index in [4.69, 9.17) is 19.9 Å². The van der Waals surface area contributed by atoms with E-state index in [0.717, 1.165) is 35.7 Å². The first-order valence-corrected chi connectivity index (χ1v) is 10.4. The average Bonchev–Trinajstić information content (AvgIpc) is 3.36. The summed E-state index contributed by atoms with van der Waals surface area (Å²) in [4.78, 5) is 4.28. The van der Waals surface area contributed by atoms with Gasteiger partial charge >= 0.3 is 0 Å². The zero-order valence-electron chi connectivity index (χ0n) is 15.8. The van der Waals surface area contributed by atoms with Crippen molar-refractivity contribution in [1.29, 1.82) is 0 Å². The van der Waals surface area contributed by atoms with Crippen molar-refractivity contribution in [3.8, 4) is 27.5 Å². The van der Waals surface area contributed by atoms with Gasteiger partial charge in [0.05, 0.1) is 12.3 Å². The summed E-state index contributed by atoms with van der Waals surface area (Å²) in [6.45, 7) is 1.95. The Hall–Kier alpha value is -2.57. The van der Waals surface area contributed by atoms with Crippen LogP contribution in [-0.4, -0.2) is 11.1 Å². The van der Waals surface area contributed by atoms with Gasteiger partial charge < -0.3 is 19.9 Å². The van der Waals surface area contributed by atoms with Crippen LogP contribution in [0.2, 0.25) is 0 Å². The normalized spacial score (nSPS) is 15.4. The molecule has 1 saturated carbocycles. The number of aromatic nitrogens is 1. The molecule has 0 spiro atoms. The van der Waals surface area contributed by atoms with E-state index in [9.17, 15) is 0 Å².